The summed E-state index contributed by atoms with van der Waals surface area (Å²) in [5, 5.41) is 21.5. The van der Waals surface area contributed by atoms with Crippen molar-refractivity contribution < 1.29 is 15.0 Å². The van der Waals surface area contributed by atoms with Gasteiger partial charge in [0.05, 0.1) is 11.7 Å². The molecule has 5 nitrogen and oxygen atoms in total. The molecule has 0 radical (unpaired) electrons. The molecule has 0 spiro atoms. The zero-order chi connectivity index (χ0) is 12.4. The third-order valence-electron chi connectivity index (χ3n) is 2.92. The molecule has 1 atom stereocenters. The lowest BCUT2D eigenvalue weighted by Crippen LogP contribution is -2.33. The second kappa shape index (κ2) is 4.63. The number of aromatic hydroxyl groups is 1. The number of carbonyl (C=O) groups excluding carboxylic acids is 1. The van der Waals surface area contributed by atoms with Gasteiger partial charge >= 0.3 is 0 Å². The van der Waals surface area contributed by atoms with Gasteiger partial charge in [-0.2, -0.15) is 0 Å². The highest BCUT2D eigenvalue weighted by Gasteiger charge is 2.29. The van der Waals surface area contributed by atoms with Crippen LogP contribution < -0.4 is 11.1 Å². The van der Waals surface area contributed by atoms with Crippen molar-refractivity contribution in [1.82, 2.24) is 5.32 Å². The zero-order valence-corrected chi connectivity index (χ0v) is 9.39. The molecule has 1 aliphatic carbocycles. The highest BCUT2D eigenvalue weighted by Crippen LogP contribution is 2.32. The van der Waals surface area contributed by atoms with Crippen LogP contribution in [0.3, 0.4) is 0 Å². The number of nitrogens with two attached hydrogens (primary N) is 1. The topological polar surface area (TPSA) is 95.6 Å². The van der Waals surface area contributed by atoms with Gasteiger partial charge in [-0.05, 0) is 37.0 Å². The molecule has 1 fully saturated rings. The highest BCUT2D eigenvalue weighted by atomic mass is 16.3. The highest BCUT2D eigenvalue weighted by molar-refractivity contribution is 5.99. The average Bonchev–Trinajstić information content (AvgIpc) is 3.12. The van der Waals surface area contributed by atoms with Crippen LogP contribution >= 0.6 is 0 Å². The molecule has 0 heterocycles. The van der Waals surface area contributed by atoms with E-state index in [1.165, 1.54) is 18.2 Å². The van der Waals surface area contributed by atoms with Crippen molar-refractivity contribution in [2.45, 2.75) is 18.9 Å². The predicted octanol–water partition coefficient (Wildman–Crippen LogP) is 0.475. The second-order valence-corrected chi connectivity index (χ2v) is 4.39. The third-order valence-corrected chi connectivity index (χ3v) is 2.92. The van der Waals surface area contributed by atoms with E-state index in [9.17, 15) is 15.0 Å². The summed E-state index contributed by atoms with van der Waals surface area (Å²) in [5.74, 6) is -0.0676. The largest absolute Gasteiger partial charge is 0.508 e. The summed E-state index contributed by atoms with van der Waals surface area (Å²) in [6.07, 6.45) is 1.55. The van der Waals surface area contributed by atoms with E-state index in [-0.39, 0.29) is 23.8 Å². The maximum absolute atomic E-state index is 11.8. The Bertz CT molecular complexity index is 430. The van der Waals surface area contributed by atoms with E-state index in [0.29, 0.717) is 11.6 Å². The van der Waals surface area contributed by atoms with Crippen molar-refractivity contribution in [3.8, 4) is 5.75 Å². The molecular formula is C12H16N2O3. The molecule has 17 heavy (non-hydrogen) atoms. The number of amides is 1. The number of rotatable bonds is 4. The van der Waals surface area contributed by atoms with E-state index >= 15 is 0 Å². The molecule has 1 aromatic rings. The number of hydrogen-bond acceptors (Lipinski definition) is 4. The number of phenolic OH excluding ortho intramolecular Hbond substituents is 1. The number of benzene rings is 1. The Balaban J connectivity index is 1.96. The first-order chi connectivity index (χ1) is 8.08. The van der Waals surface area contributed by atoms with Gasteiger partial charge in [0.15, 0.2) is 0 Å². The summed E-state index contributed by atoms with van der Waals surface area (Å²) in [6.45, 7) is 0.221. The van der Waals surface area contributed by atoms with E-state index in [1.54, 1.807) is 0 Å². The van der Waals surface area contributed by atoms with Gasteiger partial charge in [0.1, 0.15) is 5.75 Å². The predicted molar refractivity (Wildman–Crippen MR) is 63.6 cm³/mol. The molecule has 1 aliphatic rings. The normalized spacial score (nSPS) is 16.5. The minimum Gasteiger partial charge on any atom is -0.508 e. The summed E-state index contributed by atoms with van der Waals surface area (Å²) in [6, 6.07) is 4.21. The smallest absolute Gasteiger partial charge is 0.253 e. The van der Waals surface area contributed by atoms with Gasteiger partial charge in [0.25, 0.3) is 5.91 Å². The SMILES string of the molecule is Nc1ccc(O)cc1C(=O)NCC(O)C1CC1. The summed E-state index contributed by atoms with van der Waals surface area (Å²) in [4.78, 5) is 11.8. The lowest BCUT2D eigenvalue weighted by Gasteiger charge is -2.11. The van der Waals surface area contributed by atoms with Crippen LogP contribution in [0.25, 0.3) is 0 Å². The van der Waals surface area contributed by atoms with Crippen LogP contribution in [0.4, 0.5) is 5.69 Å². The van der Waals surface area contributed by atoms with Crippen molar-refractivity contribution in [2.75, 3.05) is 12.3 Å². The second-order valence-electron chi connectivity index (χ2n) is 4.39. The minimum atomic E-state index is -0.488. The third kappa shape index (κ3) is 2.88. The first kappa shape index (κ1) is 11.7. The molecular weight excluding hydrogens is 220 g/mol. The van der Waals surface area contributed by atoms with Gasteiger partial charge in [0, 0.05) is 12.2 Å². The molecule has 0 bridgehead atoms. The Kier molecular flexibility index (Phi) is 3.19. The molecule has 0 aliphatic heterocycles. The maximum atomic E-state index is 11.8. The minimum absolute atomic E-state index is 0.00732. The van der Waals surface area contributed by atoms with Crippen molar-refractivity contribution in [1.29, 1.82) is 0 Å². The van der Waals surface area contributed by atoms with Gasteiger partial charge in [-0.3, -0.25) is 4.79 Å². The molecule has 1 saturated carbocycles. The Morgan fingerprint density at radius 2 is 2.24 bits per heavy atom. The van der Waals surface area contributed by atoms with Crippen molar-refractivity contribution in [3.63, 3.8) is 0 Å². The summed E-state index contributed by atoms with van der Waals surface area (Å²) < 4.78 is 0. The fourth-order valence-electron chi connectivity index (χ4n) is 1.68. The summed E-state index contributed by atoms with van der Waals surface area (Å²) >= 11 is 0. The Hall–Kier alpha value is -1.75. The van der Waals surface area contributed by atoms with E-state index in [1.807, 2.05) is 0 Å². The van der Waals surface area contributed by atoms with Crippen LogP contribution in [-0.2, 0) is 0 Å². The van der Waals surface area contributed by atoms with E-state index in [2.05, 4.69) is 5.32 Å². The molecule has 1 unspecified atom stereocenters. The Morgan fingerprint density at radius 1 is 1.53 bits per heavy atom. The molecule has 0 saturated heterocycles. The van der Waals surface area contributed by atoms with E-state index in [0.717, 1.165) is 12.8 Å². The van der Waals surface area contributed by atoms with Gasteiger partial charge in [-0.15, -0.1) is 0 Å². The monoisotopic (exact) mass is 236 g/mol. The number of aliphatic hydroxyl groups is 1. The summed E-state index contributed by atoms with van der Waals surface area (Å²) in [7, 11) is 0. The first-order valence-corrected chi connectivity index (χ1v) is 5.62. The lowest BCUT2D eigenvalue weighted by atomic mass is 10.1. The molecule has 1 aromatic carbocycles. The standard InChI is InChI=1S/C12H16N2O3/c13-10-4-3-8(15)5-9(10)12(17)14-6-11(16)7-1-2-7/h3-5,7,11,15-16H,1-2,6,13H2,(H,14,17). The Morgan fingerprint density at radius 3 is 2.88 bits per heavy atom. The number of anilines is 1. The summed E-state index contributed by atoms with van der Waals surface area (Å²) in [5.41, 5.74) is 6.17. The molecule has 5 N–H and O–H groups in total. The average molecular weight is 236 g/mol. The van der Waals surface area contributed by atoms with Gasteiger partial charge in [0.2, 0.25) is 0 Å². The van der Waals surface area contributed by atoms with E-state index in [4.69, 9.17) is 5.73 Å². The number of hydrogen-bond donors (Lipinski definition) is 4. The van der Waals surface area contributed by atoms with Crippen LogP contribution in [0.2, 0.25) is 0 Å². The van der Waals surface area contributed by atoms with Crippen molar-refractivity contribution in [3.05, 3.63) is 23.8 Å². The van der Waals surface area contributed by atoms with Gasteiger partial charge in [-0.25, -0.2) is 0 Å². The van der Waals surface area contributed by atoms with Crippen LogP contribution in [0.1, 0.15) is 23.2 Å². The maximum Gasteiger partial charge on any atom is 0.253 e. The molecule has 5 heteroatoms. The number of nitrogens with one attached hydrogen (secondary N) is 1. The van der Waals surface area contributed by atoms with Crippen LogP contribution in [0, 0.1) is 5.92 Å². The van der Waals surface area contributed by atoms with Gasteiger partial charge < -0.3 is 21.3 Å². The van der Waals surface area contributed by atoms with Crippen LogP contribution in [-0.4, -0.2) is 28.8 Å². The Labute approximate surface area is 99.3 Å². The number of carbonyl (C=O) groups is 1. The number of nitrogen functional groups attached to an aromatic ring is 1. The van der Waals surface area contributed by atoms with E-state index < -0.39 is 6.10 Å². The molecule has 1 amide bonds. The van der Waals surface area contributed by atoms with Crippen molar-refractivity contribution in [2.24, 2.45) is 5.92 Å². The molecule has 0 aromatic heterocycles. The van der Waals surface area contributed by atoms with Crippen LogP contribution in [0.15, 0.2) is 18.2 Å². The lowest BCUT2D eigenvalue weighted by molar-refractivity contribution is 0.0901. The quantitative estimate of drug-likeness (QED) is 0.451. The fraction of sp³-hybridized carbons (Fsp3) is 0.417. The van der Waals surface area contributed by atoms with Gasteiger partial charge in [-0.1, -0.05) is 0 Å². The van der Waals surface area contributed by atoms with Crippen LogP contribution in [0.5, 0.6) is 5.75 Å². The number of phenols is 1. The van der Waals surface area contributed by atoms with Crippen molar-refractivity contribution >= 4 is 11.6 Å². The molecule has 2 rings (SSSR count). The fourth-order valence-corrected chi connectivity index (χ4v) is 1.68. The number of aliphatic hydroxyl groups excluding tert-OH is 1. The molecule has 92 valence electrons. The zero-order valence-electron chi connectivity index (χ0n) is 9.39. The first-order valence-electron chi connectivity index (χ1n) is 5.62.